The molecule has 1 atom stereocenters. The highest BCUT2D eigenvalue weighted by molar-refractivity contribution is 5.79. The van der Waals surface area contributed by atoms with Crippen LogP contribution in [0.25, 0.3) is 0 Å². The number of nitrogens with one attached hydrogen (secondary N) is 1. The van der Waals surface area contributed by atoms with Crippen LogP contribution >= 0.6 is 0 Å². The Morgan fingerprint density at radius 2 is 2.19 bits per heavy atom. The fourth-order valence-electron chi connectivity index (χ4n) is 1.29. The number of phenols is 1. The van der Waals surface area contributed by atoms with Crippen molar-refractivity contribution in [1.82, 2.24) is 5.32 Å². The van der Waals surface area contributed by atoms with Crippen molar-refractivity contribution in [3.8, 4) is 5.75 Å². The van der Waals surface area contributed by atoms with Gasteiger partial charge in [0.25, 0.3) is 0 Å². The quantitative estimate of drug-likeness (QED) is 0.689. The number of nitrogens with two attached hydrogens (primary N) is 1. The van der Waals surface area contributed by atoms with Crippen molar-refractivity contribution in [3.05, 3.63) is 29.8 Å². The van der Waals surface area contributed by atoms with Crippen molar-refractivity contribution in [1.29, 1.82) is 0 Å². The zero-order valence-corrected chi connectivity index (χ0v) is 9.44. The summed E-state index contributed by atoms with van der Waals surface area (Å²) in [7, 11) is 0. The minimum absolute atomic E-state index is 0.00618. The molecule has 0 saturated heterocycles. The normalized spacial score (nSPS) is 12.1. The summed E-state index contributed by atoms with van der Waals surface area (Å²) >= 11 is 0. The average molecular weight is 222 g/mol. The number of para-hydroxylation sites is 1. The molecule has 0 radical (unpaired) electrons. The van der Waals surface area contributed by atoms with Crippen LogP contribution in [0, 0.1) is 0 Å². The highest BCUT2D eigenvalue weighted by Gasteiger charge is 2.07. The third-order valence-electron chi connectivity index (χ3n) is 2.43. The van der Waals surface area contributed by atoms with Gasteiger partial charge in [0, 0.05) is 18.2 Å². The van der Waals surface area contributed by atoms with E-state index in [4.69, 9.17) is 5.73 Å². The summed E-state index contributed by atoms with van der Waals surface area (Å²) in [5.41, 5.74) is 6.31. The van der Waals surface area contributed by atoms with Gasteiger partial charge in [0.05, 0.1) is 6.42 Å². The lowest BCUT2D eigenvalue weighted by atomic mass is 10.1. The first-order valence-electron chi connectivity index (χ1n) is 5.42. The maximum atomic E-state index is 11.5. The molecule has 1 aromatic rings. The second kappa shape index (κ2) is 6.12. The third kappa shape index (κ3) is 3.90. The Morgan fingerprint density at radius 3 is 2.81 bits per heavy atom. The fraction of sp³-hybridized carbons (Fsp3) is 0.417. The van der Waals surface area contributed by atoms with Gasteiger partial charge in [-0.3, -0.25) is 4.79 Å². The topological polar surface area (TPSA) is 75.3 Å². The van der Waals surface area contributed by atoms with Crippen molar-refractivity contribution >= 4 is 5.91 Å². The number of hydrogen-bond acceptors (Lipinski definition) is 3. The molecule has 1 unspecified atom stereocenters. The van der Waals surface area contributed by atoms with E-state index >= 15 is 0 Å². The molecule has 0 aliphatic heterocycles. The molecule has 4 heteroatoms. The van der Waals surface area contributed by atoms with Gasteiger partial charge >= 0.3 is 0 Å². The van der Waals surface area contributed by atoms with Crippen LogP contribution in [-0.2, 0) is 11.2 Å². The van der Waals surface area contributed by atoms with Crippen LogP contribution in [0.1, 0.15) is 18.9 Å². The van der Waals surface area contributed by atoms with Crippen molar-refractivity contribution in [2.45, 2.75) is 25.8 Å². The lowest BCUT2D eigenvalue weighted by Crippen LogP contribution is -2.37. The maximum absolute atomic E-state index is 11.5. The Bertz CT molecular complexity index is 353. The predicted molar refractivity (Wildman–Crippen MR) is 63.1 cm³/mol. The van der Waals surface area contributed by atoms with Gasteiger partial charge in [0.2, 0.25) is 5.91 Å². The molecule has 1 aromatic carbocycles. The van der Waals surface area contributed by atoms with E-state index in [0.717, 1.165) is 6.42 Å². The van der Waals surface area contributed by atoms with Gasteiger partial charge in [-0.1, -0.05) is 25.1 Å². The molecule has 88 valence electrons. The summed E-state index contributed by atoms with van der Waals surface area (Å²) in [4.78, 5) is 11.5. The number of aromatic hydroxyl groups is 1. The second-order valence-corrected chi connectivity index (χ2v) is 3.78. The Labute approximate surface area is 95.5 Å². The molecule has 0 bridgehead atoms. The van der Waals surface area contributed by atoms with E-state index < -0.39 is 0 Å². The van der Waals surface area contributed by atoms with Crippen LogP contribution in [0.4, 0.5) is 0 Å². The first kappa shape index (κ1) is 12.5. The number of carbonyl (C=O) groups is 1. The van der Waals surface area contributed by atoms with Gasteiger partial charge in [-0.25, -0.2) is 0 Å². The Balaban J connectivity index is 2.43. The Morgan fingerprint density at radius 1 is 1.50 bits per heavy atom. The van der Waals surface area contributed by atoms with E-state index in [-0.39, 0.29) is 24.1 Å². The van der Waals surface area contributed by atoms with Crippen LogP contribution in [0.5, 0.6) is 5.75 Å². The molecule has 0 saturated carbocycles. The molecule has 16 heavy (non-hydrogen) atoms. The average Bonchev–Trinajstić information content (AvgIpc) is 2.29. The molecular formula is C12H18N2O2. The van der Waals surface area contributed by atoms with Crippen molar-refractivity contribution < 1.29 is 9.90 Å². The molecule has 0 aliphatic rings. The Hall–Kier alpha value is -1.55. The summed E-state index contributed by atoms with van der Waals surface area (Å²) in [6, 6.07) is 6.81. The summed E-state index contributed by atoms with van der Waals surface area (Å²) in [6.07, 6.45) is 1.01. The van der Waals surface area contributed by atoms with Crippen molar-refractivity contribution in [3.63, 3.8) is 0 Å². The van der Waals surface area contributed by atoms with E-state index in [1.807, 2.05) is 6.92 Å². The van der Waals surface area contributed by atoms with Crippen molar-refractivity contribution in [2.24, 2.45) is 5.73 Å². The van der Waals surface area contributed by atoms with Gasteiger partial charge in [0.1, 0.15) is 5.75 Å². The number of rotatable bonds is 5. The SMILES string of the molecule is CCC(N)CNC(=O)Cc1ccccc1O. The number of carbonyl (C=O) groups excluding carboxylic acids is 1. The van der Waals surface area contributed by atoms with E-state index in [0.29, 0.717) is 12.1 Å². The highest BCUT2D eigenvalue weighted by atomic mass is 16.3. The first-order valence-corrected chi connectivity index (χ1v) is 5.42. The van der Waals surface area contributed by atoms with Crippen LogP contribution in [-0.4, -0.2) is 23.6 Å². The molecule has 0 aromatic heterocycles. The lowest BCUT2D eigenvalue weighted by Gasteiger charge is -2.10. The molecule has 4 N–H and O–H groups in total. The number of benzene rings is 1. The molecule has 4 nitrogen and oxygen atoms in total. The zero-order chi connectivity index (χ0) is 12.0. The van der Waals surface area contributed by atoms with Crippen LogP contribution in [0.3, 0.4) is 0 Å². The summed E-state index contributed by atoms with van der Waals surface area (Å²) in [5, 5.41) is 12.2. The van der Waals surface area contributed by atoms with Crippen LogP contribution in [0.2, 0.25) is 0 Å². The molecule has 0 heterocycles. The van der Waals surface area contributed by atoms with Crippen LogP contribution in [0.15, 0.2) is 24.3 Å². The van der Waals surface area contributed by atoms with Gasteiger partial charge in [-0.05, 0) is 12.5 Å². The minimum atomic E-state index is -0.120. The monoisotopic (exact) mass is 222 g/mol. The van der Waals surface area contributed by atoms with Gasteiger partial charge in [-0.2, -0.15) is 0 Å². The van der Waals surface area contributed by atoms with Gasteiger partial charge in [-0.15, -0.1) is 0 Å². The molecular weight excluding hydrogens is 204 g/mol. The standard InChI is InChI=1S/C12H18N2O2/c1-2-10(13)8-14-12(16)7-9-5-3-4-6-11(9)15/h3-6,10,15H,2,7-8,13H2,1H3,(H,14,16). The van der Waals surface area contributed by atoms with Gasteiger partial charge < -0.3 is 16.2 Å². The van der Waals surface area contributed by atoms with E-state index in [1.54, 1.807) is 24.3 Å². The zero-order valence-electron chi connectivity index (χ0n) is 9.44. The third-order valence-corrected chi connectivity index (χ3v) is 2.43. The lowest BCUT2D eigenvalue weighted by molar-refractivity contribution is -0.120. The molecule has 0 aliphatic carbocycles. The Kier molecular flexibility index (Phi) is 4.79. The van der Waals surface area contributed by atoms with Crippen molar-refractivity contribution in [2.75, 3.05) is 6.54 Å². The van der Waals surface area contributed by atoms with Crippen LogP contribution < -0.4 is 11.1 Å². The summed E-state index contributed by atoms with van der Waals surface area (Å²) in [6.45, 7) is 2.45. The van der Waals surface area contributed by atoms with E-state index in [2.05, 4.69) is 5.32 Å². The largest absolute Gasteiger partial charge is 0.508 e. The predicted octanol–water partition coefficient (Wildman–Crippen LogP) is 0.788. The number of amides is 1. The summed E-state index contributed by atoms with van der Waals surface area (Å²) < 4.78 is 0. The number of phenolic OH excluding ortho intramolecular Hbond substituents is 1. The maximum Gasteiger partial charge on any atom is 0.224 e. The molecule has 0 fully saturated rings. The molecule has 1 rings (SSSR count). The second-order valence-electron chi connectivity index (χ2n) is 3.78. The minimum Gasteiger partial charge on any atom is -0.508 e. The first-order chi connectivity index (χ1) is 7.63. The smallest absolute Gasteiger partial charge is 0.224 e. The molecule has 1 amide bonds. The highest BCUT2D eigenvalue weighted by Crippen LogP contribution is 2.15. The number of hydrogen-bond donors (Lipinski definition) is 3. The van der Waals surface area contributed by atoms with E-state index in [1.165, 1.54) is 0 Å². The fourth-order valence-corrected chi connectivity index (χ4v) is 1.29. The van der Waals surface area contributed by atoms with Gasteiger partial charge in [0.15, 0.2) is 0 Å². The van der Waals surface area contributed by atoms with E-state index in [9.17, 15) is 9.90 Å². The molecule has 0 spiro atoms. The summed E-state index contributed by atoms with van der Waals surface area (Å²) in [5.74, 6) is 0.0304.